The summed E-state index contributed by atoms with van der Waals surface area (Å²) in [5, 5.41) is 9.77. The zero-order valence-corrected chi connectivity index (χ0v) is 18.3. The third-order valence-electron chi connectivity index (χ3n) is 4.89. The molecule has 4 nitrogen and oxygen atoms in total. The predicted molar refractivity (Wildman–Crippen MR) is 115 cm³/mol. The largest absolute Gasteiger partial charge is 0.491 e. The Bertz CT molecular complexity index is 531. The maximum Gasteiger partial charge on any atom is 0.193 e. The van der Waals surface area contributed by atoms with E-state index in [1.807, 2.05) is 0 Å². The Kier molecular flexibility index (Phi) is 12.1. The van der Waals surface area contributed by atoms with E-state index in [0.717, 1.165) is 6.42 Å². The van der Waals surface area contributed by atoms with E-state index in [1.165, 1.54) is 65.2 Å². The molecular weight excluding hydrogens is 352 g/mol. The van der Waals surface area contributed by atoms with Crippen molar-refractivity contribution in [3.8, 4) is 5.75 Å². The first-order valence-electron chi connectivity index (χ1n) is 11.0. The molecule has 1 rings (SSSR count). The van der Waals surface area contributed by atoms with Crippen molar-refractivity contribution in [3.63, 3.8) is 0 Å². The molecule has 0 aromatic heterocycles. The van der Waals surface area contributed by atoms with Gasteiger partial charge in [-0.2, -0.15) is 0 Å². The van der Waals surface area contributed by atoms with E-state index in [4.69, 9.17) is 9.47 Å². The van der Waals surface area contributed by atoms with Crippen molar-refractivity contribution < 1.29 is 19.4 Å². The van der Waals surface area contributed by atoms with Gasteiger partial charge >= 0.3 is 0 Å². The fraction of sp³-hybridized carbons (Fsp3) is 0.708. The molecule has 0 aliphatic carbocycles. The molecule has 0 fully saturated rings. The molecule has 1 aromatic rings. The molecule has 0 radical (unpaired) electrons. The monoisotopic (exact) mass is 392 g/mol. The van der Waals surface area contributed by atoms with E-state index in [1.54, 1.807) is 24.3 Å². The number of benzene rings is 1. The van der Waals surface area contributed by atoms with Crippen molar-refractivity contribution in [1.82, 2.24) is 0 Å². The third-order valence-corrected chi connectivity index (χ3v) is 4.89. The van der Waals surface area contributed by atoms with Gasteiger partial charge in [0, 0.05) is 5.56 Å². The maximum atomic E-state index is 12.0. The molecule has 28 heavy (non-hydrogen) atoms. The summed E-state index contributed by atoms with van der Waals surface area (Å²) in [6.07, 6.45) is 12.0. The standard InChI is InChI=1S/C24H40O4/c1-5-6-7-8-9-10-11-12-13-20(2)27-18-19-28-22-16-14-21(15-17-22)23(25)24(3,4)26/h14-17,20,26H,5-13,18-19H2,1-4H3. The van der Waals surface area contributed by atoms with Crippen LogP contribution in [0.25, 0.3) is 0 Å². The summed E-state index contributed by atoms with van der Waals surface area (Å²) in [4.78, 5) is 12.0. The van der Waals surface area contributed by atoms with Crippen LogP contribution in [0.15, 0.2) is 24.3 Å². The normalized spacial score (nSPS) is 12.8. The summed E-state index contributed by atoms with van der Waals surface area (Å²) in [5.74, 6) is 0.406. The summed E-state index contributed by atoms with van der Waals surface area (Å²) in [6, 6.07) is 6.87. The maximum absolute atomic E-state index is 12.0. The smallest absolute Gasteiger partial charge is 0.193 e. The molecule has 0 amide bonds. The summed E-state index contributed by atoms with van der Waals surface area (Å²) < 4.78 is 11.5. The number of Topliss-reactive ketones (excluding diaryl/α,β-unsaturated/α-hetero) is 1. The molecule has 0 aliphatic heterocycles. The van der Waals surface area contributed by atoms with E-state index >= 15 is 0 Å². The Hall–Kier alpha value is -1.39. The quantitative estimate of drug-likeness (QED) is 0.279. The van der Waals surface area contributed by atoms with Gasteiger partial charge in [0.05, 0.1) is 12.7 Å². The Balaban J connectivity index is 2.09. The van der Waals surface area contributed by atoms with Crippen LogP contribution in [0.2, 0.25) is 0 Å². The first-order valence-corrected chi connectivity index (χ1v) is 11.0. The van der Waals surface area contributed by atoms with Crippen LogP contribution in [0.4, 0.5) is 0 Å². The Morgan fingerprint density at radius 2 is 1.54 bits per heavy atom. The molecule has 0 heterocycles. The molecule has 0 aliphatic rings. The second-order valence-corrected chi connectivity index (χ2v) is 8.21. The molecule has 4 heteroatoms. The number of rotatable bonds is 16. The average Bonchev–Trinajstić information content (AvgIpc) is 2.66. The van der Waals surface area contributed by atoms with Gasteiger partial charge in [-0.05, 0) is 51.5 Å². The van der Waals surface area contributed by atoms with Gasteiger partial charge in [0.15, 0.2) is 5.78 Å². The van der Waals surface area contributed by atoms with Crippen molar-refractivity contribution in [3.05, 3.63) is 29.8 Å². The van der Waals surface area contributed by atoms with E-state index in [0.29, 0.717) is 24.5 Å². The van der Waals surface area contributed by atoms with Crippen molar-refractivity contribution in [2.45, 2.75) is 97.2 Å². The summed E-state index contributed by atoms with van der Waals surface area (Å²) in [5.41, 5.74) is -0.878. The van der Waals surface area contributed by atoms with Gasteiger partial charge in [-0.1, -0.05) is 58.3 Å². The highest BCUT2D eigenvalue weighted by Crippen LogP contribution is 2.17. The molecule has 0 saturated carbocycles. The molecule has 0 saturated heterocycles. The zero-order valence-electron chi connectivity index (χ0n) is 18.3. The van der Waals surface area contributed by atoms with Gasteiger partial charge < -0.3 is 14.6 Å². The number of hydrogen-bond donors (Lipinski definition) is 1. The van der Waals surface area contributed by atoms with Crippen molar-refractivity contribution in [2.75, 3.05) is 13.2 Å². The Labute approximate surface area is 171 Å². The topological polar surface area (TPSA) is 55.8 Å². The van der Waals surface area contributed by atoms with Crippen LogP contribution >= 0.6 is 0 Å². The summed E-state index contributed by atoms with van der Waals surface area (Å²) >= 11 is 0. The lowest BCUT2D eigenvalue weighted by Crippen LogP contribution is -2.30. The first-order chi connectivity index (χ1) is 13.3. The number of ketones is 1. The van der Waals surface area contributed by atoms with Crippen LogP contribution in [0, 0.1) is 0 Å². The lowest BCUT2D eigenvalue weighted by atomic mass is 9.97. The lowest BCUT2D eigenvalue weighted by molar-refractivity contribution is 0.0384. The highest BCUT2D eigenvalue weighted by molar-refractivity contribution is 6.01. The predicted octanol–water partition coefficient (Wildman–Crippen LogP) is 5.95. The second-order valence-electron chi connectivity index (χ2n) is 8.21. The molecule has 0 spiro atoms. The minimum absolute atomic E-state index is 0.260. The van der Waals surface area contributed by atoms with Gasteiger partial charge in [0.2, 0.25) is 0 Å². The highest BCUT2D eigenvalue weighted by Gasteiger charge is 2.24. The number of ether oxygens (including phenoxy) is 2. The second kappa shape index (κ2) is 13.7. The molecule has 1 unspecified atom stereocenters. The van der Waals surface area contributed by atoms with E-state index in [9.17, 15) is 9.90 Å². The molecule has 1 aromatic carbocycles. The minimum Gasteiger partial charge on any atom is -0.491 e. The van der Waals surface area contributed by atoms with Crippen LogP contribution in [-0.2, 0) is 4.74 Å². The van der Waals surface area contributed by atoms with E-state index in [2.05, 4.69) is 13.8 Å². The Morgan fingerprint density at radius 3 is 2.11 bits per heavy atom. The van der Waals surface area contributed by atoms with Gasteiger partial charge in [0.25, 0.3) is 0 Å². The van der Waals surface area contributed by atoms with Crippen molar-refractivity contribution in [2.24, 2.45) is 0 Å². The lowest BCUT2D eigenvalue weighted by Gasteiger charge is -2.16. The fourth-order valence-electron chi connectivity index (χ4n) is 3.11. The van der Waals surface area contributed by atoms with Crippen molar-refractivity contribution >= 4 is 5.78 Å². The molecule has 0 bridgehead atoms. The van der Waals surface area contributed by atoms with Crippen LogP contribution in [-0.4, -0.2) is 35.8 Å². The van der Waals surface area contributed by atoms with Gasteiger partial charge in [-0.3, -0.25) is 4.79 Å². The summed E-state index contributed by atoms with van der Waals surface area (Å²) in [6.45, 7) is 8.41. The van der Waals surface area contributed by atoms with E-state index < -0.39 is 5.60 Å². The molecule has 1 atom stereocenters. The molecule has 160 valence electrons. The van der Waals surface area contributed by atoms with Crippen molar-refractivity contribution in [1.29, 1.82) is 0 Å². The van der Waals surface area contributed by atoms with Gasteiger partial charge in [-0.15, -0.1) is 0 Å². The van der Waals surface area contributed by atoms with Gasteiger partial charge in [-0.25, -0.2) is 0 Å². The molecule has 1 N–H and O–H groups in total. The average molecular weight is 393 g/mol. The number of aliphatic hydroxyl groups is 1. The molecular formula is C24H40O4. The van der Waals surface area contributed by atoms with Crippen LogP contribution in [0.5, 0.6) is 5.75 Å². The zero-order chi connectivity index (χ0) is 20.8. The number of carbonyl (C=O) groups is 1. The van der Waals surface area contributed by atoms with E-state index in [-0.39, 0.29) is 11.9 Å². The SMILES string of the molecule is CCCCCCCCCCC(C)OCCOc1ccc(C(=O)C(C)(C)O)cc1. The first kappa shape index (κ1) is 24.6. The minimum atomic E-state index is -1.36. The van der Waals surface area contributed by atoms with Crippen LogP contribution in [0.1, 0.15) is 95.8 Å². The number of unbranched alkanes of at least 4 members (excludes halogenated alkanes) is 7. The number of carbonyl (C=O) groups excluding carboxylic acids is 1. The summed E-state index contributed by atoms with van der Waals surface area (Å²) in [7, 11) is 0. The Morgan fingerprint density at radius 1 is 0.964 bits per heavy atom. The number of hydrogen-bond acceptors (Lipinski definition) is 4. The van der Waals surface area contributed by atoms with Crippen LogP contribution in [0.3, 0.4) is 0 Å². The highest BCUT2D eigenvalue weighted by atomic mass is 16.5. The fourth-order valence-corrected chi connectivity index (χ4v) is 3.11. The van der Waals surface area contributed by atoms with Gasteiger partial charge in [0.1, 0.15) is 18.0 Å². The van der Waals surface area contributed by atoms with Crippen LogP contribution < -0.4 is 4.74 Å². The third kappa shape index (κ3) is 10.8.